The number of rotatable bonds is 8. The van der Waals surface area contributed by atoms with Crippen LogP contribution in [-0.2, 0) is 22.6 Å². The molecule has 0 radical (unpaired) electrons. The molecule has 146 valence electrons. The number of amides is 1. The van der Waals surface area contributed by atoms with Gasteiger partial charge in [-0.2, -0.15) is 0 Å². The highest BCUT2D eigenvalue weighted by atomic mass is 16.5. The number of esters is 1. The first-order chi connectivity index (χ1) is 13.0. The van der Waals surface area contributed by atoms with E-state index in [0.29, 0.717) is 36.6 Å². The Kier molecular flexibility index (Phi) is 5.73. The predicted molar refractivity (Wildman–Crippen MR) is 101 cm³/mol. The Hall–Kier alpha value is -2.50. The first kappa shape index (κ1) is 19.3. The van der Waals surface area contributed by atoms with Gasteiger partial charge in [-0.1, -0.05) is 11.6 Å². The van der Waals surface area contributed by atoms with Gasteiger partial charge in [0.1, 0.15) is 23.7 Å². The summed E-state index contributed by atoms with van der Waals surface area (Å²) in [6.45, 7) is 4.19. The average molecular weight is 373 g/mol. The quantitative estimate of drug-likeness (QED) is 0.559. The molecule has 0 spiro atoms. The van der Waals surface area contributed by atoms with E-state index in [2.05, 4.69) is 11.4 Å². The van der Waals surface area contributed by atoms with E-state index in [9.17, 15) is 9.59 Å². The maximum Gasteiger partial charge on any atom is 0.342 e. The van der Waals surface area contributed by atoms with Crippen molar-refractivity contribution in [3.63, 3.8) is 0 Å². The lowest BCUT2D eigenvalue weighted by Crippen LogP contribution is -2.24. The van der Waals surface area contributed by atoms with Crippen molar-refractivity contribution in [2.24, 2.45) is 0 Å². The fourth-order valence-corrected chi connectivity index (χ4v) is 3.45. The van der Waals surface area contributed by atoms with Gasteiger partial charge in [0.05, 0.1) is 14.2 Å². The molecule has 2 aliphatic rings. The third-order valence-electron chi connectivity index (χ3n) is 5.17. The Bertz CT molecular complexity index is 792. The van der Waals surface area contributed by atoms with Crippen LogP contribution in [0.5, 0.6) is 11.5 Å². The highest BCUT2D eigenvalue weighted by Gasteiger charge is 2.32. The number of hydrogen-bond donors (Lipinski definition) is 1. The molecule has 1 aromatic carbocycles. The second kappa shape index (κ2) is 8.03. The van der Waals surface area contributed by atoms with Gasteiger partial charge in [0.2, 0.25) is 5.91 Å². The highest BCUT2D eigenvalue weighted by Crippen LogP contribution is 2.42. The van der Waals surface area contributed by atoms with E-state index in [1.165, 1.54) is 0 Å². The number of cyclic esters (lactones) is 1. The van der Waals surface area contributed by atoms with Crippen LogP contribution in [0.3, 0.4) is 0 Å². The molecule has 3 rings (SSSR count). The van der Waals surface area contributed by atoms with E-state index >= 15 is 0 Å². The van der Waals surface area contributed by atoms with Gasteiger partial charge in [-0.25, -0.2) is 4.79 Å². The normalized spacial score (nSPS) is 16.0. The van der Waals surface area contributed by atoms with Gasteiger partial charge in [-0.05, 0) is 45.1 Å². The molecule has 1 fully saturated rings. The van der Waals surface area contributed by atoms with Crippen LogP contribution in [0.25, 0.3) is 0 Å². The molecule has 0 bridgehead atoms. The van der Waals surface area contributed by atoms with Gasteiger partial charge in [0, 0.05) is 23.6 Å². The van der Waals surface area contributed by atoms with Crippen molar-refractivity contribution < 1.29 is 23.8 Å². The lowest BCUT2D eigenvalue weighted by Gasteiger charge is -2.18. The molecule has 1 aliphatic heterocycles. The maximum absolute atomic E-state index is 12.2. The third kappa shape index (κ3) is 4.10. The van der Waals surface area contributed by atoms with Crippen LogP contribution < -0.4 is 14.8 Å². The zero-order valence-electron chi connectivity index (χ0n) is 16.4. The van der Waals surface area contributed by atoms with Crippen molar-refractivity contribution in [3.8, 4) is 11.5 Å². The minimum atomic E-state index is -0.355. The van der Waals surface area contributed by atoms with Crippen LogP contribution in [0.2, 0.25) is 0 Å². The van der Waals surface area contributed by atoms with E-state index in [0.717, 1.165) is 40.9 Å². The monoisotopic (exact) mass is 373 g/mol. The molecule has 0 aromatic heterocycles. The summed E-state index contributed by atoms with van der Waals surface area (Å²) in [5, 5.41) is 3.00. The fourth-order valence-electron chi connectivity index (χ4n) is 3.45. The summed E-state index contributed by atoms with van der Waals surface area (Å²) in [4.78, 5) is 24.0. The molecular weight excluding hydrogens is 346 g/mol. The second-order valence-electron chi connectivity index (χ2n) is 7.20. The van der Waals surface area contributed by atoms with Crippen molar-refractivity contribution in [3.05, 3.63) is 33.9 Å². The molecule has 1 amide bonds. The lowest BCUT2D eigenvalue weighted by atomic mass is 9.94. The Labute approximate surface area is 159 Å². The number of allylic oxidation sites excluding steroid dienone is 2. The number of hydrogen-bond acceptors (Lipinski definition) is 5. The summed E-state index contributed by atoms with van der Waals surface area (Å²) in [6.07, 6.45) is 6.01. The summed E-state index contributed by atoms with van der Waals surface area (Å²) >= 11 is 0. The van der Waals surface area contributed by atoms with Gasteiger partial charge in [0.15, 0.2) is 0 Å². The lowest BCUT2D eigenvalue weighted by molar-refractivity contribution is -0.121. The van der Waals surface area contributed by atoms with Crippen LogP contribution in [0, 0.1) is 6.92 Å². The summed E-state index contributed by atoms with van der Waals surface area (Å²) in [5.74, 6) is 0.993. The van der Waals surface area contributed by atoms with Crippen LogP contribution >= 0.6 is 0 Å². The van der Waals surface area contributed by atoms with Crippen molar-refractivity contribution in [2.45, 2.75) is 58.6 Å². The number of carbonyl (C=O) groups is 2. The van der Waals surface area contributed by atoms with E-state index in [1.54, 1.807) is 14.2 Å². The van der Waals surface area contributed by atoms with Gasteiger partial charge >= 0.3 is 5.97 Å². The first-order valence-corrected chi connectivity index (χ1v) is 9.34. The van der Waals surface area contributed by atoms with Crippen LogP contribution in [0.1, 0.15) is 59.7 Å². The Morgan fingerprint density at radius 1 is 1.22 bits per heavy atom. The number of nitrogens with one attached hydrogen (secondary N) is 1. The average Bonchev–Trinajstić information content (AvgIpc) is 3.38. The van der Waals surface area contributed by atoms with Crippen LogP contribution in [0.4, 0.5) is 0 Å². The van der Waals surface area contributed by atoms with Crippen molar-refractivity contribution in [2.75, 3.05) is 14.2 Å². The zero-order valence-corrected chi connectivity index (χ0v) is 16.4. The summed E-state index contributed by atoms with van der Waals surface area (Å²) in [7, 11) is 3.17. The zero-order chi connectivity index (χ0) is 19.6. The summed E-state index contributed by atoms with van der Waals surface area (Å²) in [5.41, 5.74) is 4.18. The van der Waals surface area contributed by atoms with Gasteiger partial charge < -0.3 is 19.5 Å². The molecule has 6 heteroatoms. The number of fused-ring (bicyclic) bond motifs is 1. The first-order valence-electron chi connectivity index (χ1n) is 9.34. The Morgan fingerprint density at radius 3 is 2.56 bits per heavy atom. The second-order valence-corrected chi connectivity index (χ2v) is 7.20. The number of benzene rings is 1. The van der Waals surface area contributed by atoms with Crippen LogP contribution in [0.15, 0.2) is 11.6 Å². The van der Waals surface area contributed by atoms with Gasteiger partial charge in [-0.15, -0.1) is 0 Å². The standard InChI is InChI=1S/C21H27NO5/c1-12(6-10-17(23)22-14-7-8-14)5-9-15-19(25-3)13(2)16-11-27-21(24)18(16)20(15)26-4/h5,14H,6-11H2,1-4H3,(H,22,23)/b12-5+. The summed E-state index contributed by atoms with van der Waals surface area (Å²) in [6, 6.07) is 0.393. The number of carbonyl (C=O) groups excluding carboxylic acids is 2. The topological polar surface area (TPSA) is 73.9 Å². The SMILES string of the molecule is COc1c(C)c2c(c(OC)c1C/C=C(\C)CCC(=O)NC1CC1)C(=O)OC2. The molecule has 0 unspecified atom stereocenters. The largest absolute Gasteiger partial charge is 0.496 e. The smallest absolute Gasteiger partial charge is 0.342 e. The molecule has 1 aromatic rings. The van der Waals surface area contributed by atoms with Gasteiger partial charge in [0.25, 0.3) is 0 Å². The third-order valence-corrected chi connectivity index (χ3v) is 5.17. The number of ether oxygens (including phenoxy) is 3. The molecule has 27 heavy (non-hydrogen) atoms. The van der Waals surface area contributed by atoms with E-state index in [1.807, 2.05) is 13.8 Å². The maximum atomic E-state index is 12.2. The molecule has 1 saturated carbocycles. The van der Waals surface area contributed by atoms with Gasteiger partial charge in [-0.3, -0.25) is 4.79 Å². The van der Waals surface area contributed by atoms with Crippen molar-refractivity contribution in [1.29, 1.82) is 0 Å². The molecule has 6 nitrogen and oxygen atoms in total. The van der Waals surface area contributed by atoms with Crippen molar-refractivity contribution in [1.82, 2.24) is 5.32 Å². The fraction of sp³-hybridized carbons (Fsp3) is 0.524. The van der Waals surface area contributed by atoms with E-state index in [-0.39, 0.29) is 18.5 Å². The highest BCUT2D eigenvalue weighted by molar-refractivity contribution is 5.98. The van der Waals surface area contributed by atoms with E-state index in [4.69, 9.17) is 14.2 Å². The Balaban J connectivity index is 1.78. The minimum absolute atomic E-state index is 0.108. The molecule has 1 heterocycles. The Morgan fingerprint density at radius 2 is 1.93 bits per heavy atom. The molecule has 0 atom stereocenters. The minimum Gasteiger partial charge on any atom is -0.496 e. The molecule has 1 N–H and O–H groups in total. The summed E-state index contributed by atoms with van der Waals surface area (Å²) < 4.78 is 16.4. The molecule has 0 saturated heterocycles. The molecule has 1 aliphatic carbocycles. The van der Waals surface area contributed by atoms with Crippen LogP contribution in [-0.4, -0.2) is 32.1 Å². The van der Waals surface area contributed by atoms with E-state index < -0.39 is 0 Å². The number of methoxy groups -OCH3 is 2. The predicted octanol–water partition coefficient (Wildman–Crippen LogP) is 3.23. The van der Waals surface area contributed by atoms with Crippen molar-refractivity contribution >= 4 is 11.9 Å². The molecular formula is C21H27NO5.